The number of aliphatic hydroxyl groups is 2. The van der Waals surface area contributed by atoms with Gasteiger partial charge in [0, 0.05) is 29.2 Å². The molecular weight excluding hydrogens is 322 g/mol. The number of aliphatic imine (C=N–C) groups is 1. The fourth-order valence-corrected chi connectivity index (χ4v) is 4.18. The van der Waals surface area contributed by atoms with Crippen molar-refractivity contribution < 1.29 is 10.2 Å². The predicted octanol–water partition coefficient (Wildman–Crippen LogP) is 3.22. The van der Waals surface area contributed by atoms with Crippen LogP contribution in [0.4, 0.5) is 11.4 Å². The molecule has 0 unspecified atom stereocenters. The Balaban J connectivity index is 1.71. The monoisotopic (exact) mass is 339 g/mol. The van der Waals surface area contributed by atoms with E-state index in [0.29, 0.717) is 0 Å². The first-order chi connectivity index (χ1) is 11.8. The minimum absolute atomic E-state index is 0.0000728. The summed E-state index contributed by atoms with van der Waals surface area (Å²) in [5.74, 6) is 0. The lowest BCUT2D eigenvalue weighted by Crippen LogP contribution is -1.98. The van der Waals surface area contributed by atoms with Gasteiger partial charge in [0.15, 0.2) is 0 Å². The van der Waals surface area contributed by atoms with E-state index in [1.54, 1.807) is 17.5 Å². The number of nitrogens with zero attached hydrogens (tertiary/aromatic N) is 2. The average molecular weight is 339 g/mol. The van der Waals surface area contributed by atoms with Gasteiger partial charge in [-0.15, -0.1) is 11.3 Å². The van der Waals surface area contributed by atoms with Gasteiger partial charge in [-0.3, -0.25) is 9.98 Å². The topological polar surface area (TPSA) is 77.7 Å². The van der Waals surface area contributed by atoms with Crippen LogP contribution in [0.2, 0.25) is 0 Å². The maximum absolute atomic E-state index is 9.66. The number of aliphatic hydroxyl groups excluding tert-OH is 2. The largest absolute Gasteiger partial charge is 0.391 e. The van der Waals surface area contributed by atoms with Gasteiger partial charge < -0.3 is 15.5 Å². The van der Waals surface area contributed by atoms with Gasteiger partial charge in [0.1, 0.15) is 6.73 Å². The summed E-state index contributed by atoms with van der Waals surface area (Å²) in [6.45, 7) is -0.163. The molecule has 0 atom stereocenters. The molecule has 1 aliphatic rings. The average Bonchev–Trinajstić information content (AvgIpc) is 3.17. The van der Waals surface area contributed by atoms with E-state index in [1.165, 1.54) is 5.56 Å². The van der Waals surface area contributed by atoms with Crippen LogP contribution in [0.5, 0.6) is 0 Å². The first kappa shape index (κ1) is 15.3. The third kappa shape index (κ3) is 2.58. The summed E-state index contributed by atoms with van der Waals surface area (Å²) in [5.41, 5.74) is 5.27. The van der Waals surface area contributed by atoms with Gasteiger partial charge >= 0.3 is 0 Å². The summed E-state index contributed by atoms with van der Waals surface area (Å²) in [6, 6.07) is 8.16. The molecule has 6 heteroatoms. The first-order valence-electron chi connectivity index (χ1n) is 7.81. The SMILES string of the molecule is OCN=C1CCc2cc(Nc3c(CO)sc4cnccc34)ccc21. The molecule has 0 spiro atoms. The third-order valence-corrected chi connectivity index (χ3v) is 5.41. The molecule has 0 bridgehead atoms. The molecule has 1 aliphatic carbocycles. The van der Waals surface area contributed by atoms with Crippen molar-refractivity contribution in [2.45, 2.75) is 19.4 Å². The molecule has 3 aromatic rings. The Morgan fingerprint density at radius 3 is 2.96 bits per heavy atom. The zero-order valence-electron chi connectivity index (χ0n) is 13.0. The number of rotatable bonds is 4. The number of pyridine rings is 1. The minimum Gasteiger partial charge on any atom is -0.391 e. The molecule has 4 rings (SSSR count). The highest BCUT2D eigenvalue weighted by molar-refractivity contribution is 7.19. The number of aryl methyl sites for hydroxylation is 1. The predicted molar refractivity (Wildman–Crippen MR) is 97.2 cm³/mol. The van der Waals surface area contributed by atoms with Crippen molar-refractivity contribution in [3.8, 4) is 0 Å². The standard InChI is InChI=1S/C18H17N3O2S/c22-9-17-18(14-5-6-19-8-16(14)24-17)21-12-2-3-13-11(7-12)1-4-15(13)20-10-23/h2-3,5-8,21-23H,1,4,9-10H2. The summed E-state index contributed by atoms with van der Waals surface area (Å²) in [6.07, 6.45) is 5.39. The summed E-state index contributed by atoms with van der Waals surface area (Å²) >= 11 is 1.55. The second-order valence-electron chi connectivity index (χ2n) is 5.67. The van der Waals surface area contributed by atoms with E-state index < -0.39 is 0 Å². The highest BCUT2D eigenvalue weighted by Gasteiger charge is 2.18. The number of thiophene rings is 1. The van der Waals surface area contributed by atoms with E-state index in [-0.39, 0.29) is 13.3 Å². The molecule has 0 fully saturated rings. The Labute approximate surface area is 143 Å². The van der Waals surface area contributed by atoms with E-state index >= 15 is 0 Å². The zero-order valence-corrected chi connectivity index (χ0v) is 13.8. The molecule has 0 saturated carbocycles. The second kappa shape index (κ2) is 6.32. The summed E-state index contributed by atoms with van der Waals surface area (Å²) in [4.78, 5) is 9.20. The lowest BCUT2D eigenvalue weighted by atomic mass is 10.1. The van der Waals surface area contributed by atoms with Crippen LogP contribution in [0.15, 0.2) is 41.7 Å². The number of aromatic nitrogens is 1. The number of anilines is 2. The van der Waals surface area contributed by atoms with Crippen molar-refractivity contribution in [1.82, 2.24) is 4.98 Å². The van der Waals surface area contributed by atoms with E-state index in [2.05, 4.69) is 21.4 Å². The Hall–Kier alpha value is -2.28. The van der Waals surface area contributed by atoms with Crippen molar-refractivity contribution in [3.63, 3.8) is 0 Å². The Morgan fingerprint density at radius 2 is 2.12 bits per heavy atom. The molecule has 2 heterocycles. The van der Waals surface area contributed by atoms with Gasteiger partial charge in [-0.2, -0.15) is 0 Å². The van der Waals surface area contributed by atoms with Crippen molar-refractivity contribution in [2.75, 3.05) is 12.0 Å². The fraction of sp³-hybridized carbons (Fsp3) is 0.222. The summed E-state index contributed by atoms with van der Waals surface area (Å²) < 4.78 is 1.06. The molecule has 0 radical (unpaired) electrons. The number of benzene rings is 1. The molecule has 0 aliphatic heterocycles. The van der Waals surface area contributed by atoms with Gasteiger partial charge in [0.05, 0.1) is 21.9 Å². The van der Waals surface area contributed by atoms with E-state index in [9.17, 15) is 5.11 Å². The van der Waals surface area contributed by atoms with Crippen molar-refractivity contribution in [2.24, 2.45) is 4.99 Å². The Kier molecular flexibility index (Phi) is 4.02. The minimum atomic E-state index is -0.163. The van der Waals surface area contributed by atoms with Crippen LogP contribution in [0.3, 0.4) is 0 Å². The first-order valence-corrected chi connectivity index (χ1v) is 8.62. The van der Waals surface area contributed by atoms with Gasteiger partial charge in [-0.1, -0.05) is 6.07 Å². The molecule has 0 amide bonds. The van der Waals surface area contributed by atoms with Crippen molar-refractivity contribution in [3.05, 3.63) is 52.7 Å². The summed E-state index contributed by atoms with van der Waals surface area (Å²) in [5, 5.41) is 23.2. The number of fused-ring (bicyclic) bond motifs is 2. The fourth-order valence-electron chi connectivity index (χ4n) is 3.19. The molecule has 0 saturated heterocycles. The Bertz CT molecular complexity index is 933. The van der Waals surface area contributed by atoms with Gasteiger partial charge in [-0.05, 0) is 42.2 Å². The molecule has 24 heavy (non-hydrogen) atoms. The van der Waals surface area contributed by atoms with Gasteiger partial charge in [-0.25, -0.2) is 0 Å². The molecule has 5 nitrogen and oxygen atoms in total. The molecular formula is C18H17N3O2S. The smallest absolute Gasteiger partial charge is 0.134 e. The van der Waals surface area contributed by atoms with Crippen LogP contribution in [-0.2, 0) is 13.0 Å². The van der Waals surface area contributed by atoms with Crippen LogP contribution in [0, 0.1) is 0 Å². The van der Waals surface area contributed by atoms with Gasteiger partial charge in [0.2, 0.25) is 0 Å². The van der Waals surface area contributed by atoms with Crippen LogP contribution >= 0.6 is 11.3 Å². The van der Waals surface area contributed by atoms with E-state index in [0.717, 1.165) is 50.5 Å². The van der Waals surface area contributed by atoms with E-state index in [1.807, 2.05) is 24.4 Å². The number of nitrogens with one attached hydrogen (secondary N) is 1. The van der Waals surface area contributed by atoms with Gasteiger partial charge in [0.25, 0.3) is 0 Å². The van der Waals surface area contributed by atoms with Crippen LogP contribution in [-0.4, -0.2) is 27.6 Å². The van der Waals surface area contributed by atoms with Crippen LogP contribution < -0.4 is 5.32 Å². The number of hydrogen-bond acceptors (Lipinski definition) is 6. The van der Waals surface area contributed by atoms with Crippen molar-refractivity contribution in [1.29, 1.82) is 0 Å². The maximum Gasteiger partial charge on any atom is 0.134 e. The third-order valence-electron chi connectivity index (χ3n) is 4.29. The normalized spacial score (nSPS) is 15.2. The second-order valence-corrected chi connectivity index (χ2v) is 6.81. The quantitative estimate of drug-likeness (QED) is 0.682. The van der Waals surface area contributed by atoms with Crippen molar-refractivity contribution >= 4 is 38.5 Å². The number of hydrogen-bond donors (Lipinski definition) is 3. The molecule has 3 N–H and O–H groups in total. The zero-order chi connectivity index (χ0) is 16.5. The van der Waals surface area contributed by atoms with Crippen LogP contribution in [0.25, 0.3) is 10.1 Å². The molecule has 122 valence electrons. The maximum atomic E-state index is 9.66. The Morgan fingerprint density at radius 1 is 1.21 bits per heavy atom. The lowest BCUT2D eigenvalue weighted by Gasteiger charge is -2.10. The lowest BCUT2D eigenvalue weighted by molar-refractivity contribution is 0.286. The molecule has 2 aromatic heterocycles. The van der Waals surface area contributed by atoms with Crippen LogP contribution in [0.1, 0.15) is 22.4 Å². The summed E-state index contributed by atoms with van der Waals surface area (Å²) in [7, 11) is 0. The highest BCUT2D eigenvalue weighted by Crippen LogP contribution is 2.37. The highest BCUT2D eigenvalue weighted by atomic mass is 32.1. The van der Waals surface area contributed by atoms with E-state index in [4.69, 9.17) is 5.11 Å². The molecule has 1 aromatic carbocycles.